The topological polar surface area (TPSA) is 63.1 Å². The van der Waals surface area contributed by atoms with Crippen LogP contribution in [0.15, 0.2) is 48.8 Å². The van der Waals surface area contributed by atoms with E-state index in [1.54, 1.807) is 24.5 Å². The summed E-state index contributed by atoms with van der Waals surface area (Å²) in [5.74, 6) is 4.53. The van der Waals surface area contributed by atoms with Gasteiger partial charge in [-0.25, -0.2) is 9.97 Å². The number of rotatable bonds is 8. The summed E-state index contributed by atoms with van der Waals surface area (Å²) in [5, 5.41) is 5.33. The van der Waals surface area contributed by atoms with Gasteiger partial charge >= 0.3 is 0 Å². The van der Waals surface area contributed by atoms with Crippen molar-refractivity contribution in [2.45, 2.75) is 33.6 Å². The number of aldehydes is 1. The molecule has 1 aromatic carbocycles. The van der Waals surface area contributed by atoms with Gasteiger partial charge in [-0.1, -0.05) is 32.4 Å². The SMILES string of the molecule is C#CCCN(CCC)c1cc(C=O)ccn1.CC.CNc1cc2cc(-c3ncc(Cl)s3)ccc2n1C. The first-order valence-electron chi connectivity index (χ1n) is 12.0. The molecule has 1 N–H and O–H groups in total. The second-order valence-electron chi connectivity index (χ2n) is 7.59. The lowest BCUT2D eigenvalue weighted by atomic mass is 10.1. The van der Waals surface area contributed by atoms with Crippen molar-refractivity contribution in [2.24, 2.45) is 7.05 Å². The molecular formula is C28H34ClN5OS. The van der Waals surface area contributed by atoms with Crippen LogP contribution in [0.1, 0.15) is 44.0 Å². The van der Waals surface area contributed by atoms with Crippen molar-refractivity contribution in [3.05, 3.63) is 58.7 Å². The smallest absolute Gasteiger partial charge is 0.150 e. The Balaban J connectivity index is 0.000000239. The van der Waals surface area contributed by atoms with Gasteiger partial charge in [0, 0.05) is 61.8 Å². The maximum absolute atomic E-state index is 10.7. The van der Waals surface area contributed by atoms with Crippen LogP contribution in [0, 0.1) is 12.3 Å². The van der Waals surface area contributed by atoms with Gasteiger partial charge in [-0.2, -0.15) is 0 Å². The normalized spacial score (nSPS) is 9.92. The van der Waals surface area contributed by atoms with E-state index >= 15 is 0 Å². The summed E-state index contributed by atoms with van der Waals surface area (Å²) < 4.78 is 2.85. The van der Waals surface area contributed by atoms with Crippen LogP contribution < -0.4 is 10.2 Å². The highest BCUT2D eigenvalue weighted by atomic mass is 35.5. The molecule has 3 aromatic heterocycles. The van der Waals surface area contributed by atoms with E-state index in [2.05, 4.69) is 61.9 Å². The highest BCUT2D eigenvalue weighted by molar-refractivity contribution is 7.18. The maximum atomic E-state index is 10.7. The van der Waals surface area contributed by atoms with Crippen molar-refractivity contribution >= 4 is 51.8 Å². The van der Waals surface area contributed by atoms with Gasteiger partial charge in [0.25, 0.3) is 0 Å². The zero-order valence-corrected chi connectivity index (χ0v) is 23.2. The summed E-state index contributed by atoms with van der Waals surface area (Å²) in [5.41, 5.74) is 2.95. The number of aryl methyl sites for hydroxylation is 1. The highest BCUT2D eigenvalue weighted by Crippen LogP contribution is 2.31. The molecule has 4 rings (SSSR count). The summed E-state index contributed by atoms with van der Waals surface area (Å²) in [7, 11) is 3.98. The number of benzene rings is 1. The Labute approximate surface area is 223 Å². The number of aromatic nitrogens is 3. The number of thiazole rings is 1. The minimum absolute atomic E-state index is 0.645. The number of pyridine rings is 1. The lowest BCUT2D eigenvalue weighted by Gasteiger charge is -2.22. The summed E-state index contributed by atoms with van der Waals surface area (Å²) in [6, 6.07) is 12.0. The van der Waals surface area contributed by atoms with Gasteiger partial charge in [-0.05, 0) is 42.8 Å². The van der Waals surface area contributed by atoms with Crippen LogP contribution in [0.3, 0.4) is 0 Å². The van der Waals surface area contributed by atoms with Crippen LogP contribution in [-0.2, 0) is 7.05 Å². The molecule has 0 radical (unpaired) electrons. The van der Waals surface area contributed by atoms with Crippen molar-refractivity contribution in [1.82, 2.24) is 14.5 Å². The van der Waals surface area contributed by atoms with Gasteiger partial charge in [0.15, 0.2) is 0 Å². The quantitative estimate of drug-likeness (QED) is 0.196. The van der Waals surface area contributed by atoms with E-state index in [1.165, 1.54) is 22.2 Å². The lowest BCUT2D eigenvalue weighted by Crippen LogP contribution is -2.26. The number of hydrogen-bond donors (Lipinski definition) is 1. The molecule has 0 aliphatic rings. The van der Waals surface area contributed by atoms with Crippen molar-refractivity contribution in [1.29, 1.82) is 0 Å². The molecule has 3 heterocycles. The number of nitrogens with zero attached hydrogens (tertiary/aromatic N) is 4. The highest BCUT2D eigenvalue weighted by Gasteiger charge is 2.09. The van der Waals surface area contributed by atoms with Crippen LogP contribution in [0.2, 0.25) is 4.34 Å². The monoisotopic (exact) mass is 523 g/mol. The Morgan fingerprint density at radius 3 is 2.58 bits per heavy atom. The van der Waals surface area contributed by atoms with E-state index in [-0.39, 0.29) is 0 Å². The van der Waals surface area contributed by atoms with Crippen LogP contribution in [0.25, 0.3) is 21.5 Å². The number of terminal acetylenes is 1. The molecule has 8 heteroatoms. The molecular weight excluding hydrogens is 490 g/mol. The minimum Gasteiger partial charge on any atom is -0.375 e. The third-order valence-electron chi connectivity index (χ3n) is 5.27. The summed E-state index contributed by atoms with van der Waals surface area (Å²) in [4.78, 5) is 21.3. The summed E-state index contributed by atoms with van der Waals surface area (Å²) >= 11 is 7.42. The first-order chi connectivity index (χ1) is 17.5. The molecule has 6 nitrogen and oxygen atoms in total. The van der Waals surface area contributed by atoms with Gasteiger partial charge in [0.2, 0.25) is 0 Å². The van der Waals surface area contributed by atoms with E-state index in [0.29, 0.717) is 16.3 Å². The molecule has 0 spiro atoms. The first kappa shape index (κ1) is 28.9. The Kier molecular flexibility index (Phi) is 12.0. The second kappa shape index (κ2) is 14.9. The fraction of sp³-hybridized carbons (Fsp3) is 0.321. The average molecular weight is 524 g/mol. The minimum atomic E-state index is 0.645. The Bertz CT molecular complexity index is 1290. The second-order valence-corrected chi connectivity index (χ2v) is 9.25. The third kappa shape index (κ3) is 7.58. The Morgan fingerprint density at radius 2 is 1.97 bits per heavy atom. The number of hydrogen-bond acceptors (Lipinski definition) is 6. The van der Waals surface area contributed by atoms with Gasteiger partial charge < -0.3 is 14.8 Å². The molecule has 0 atom stereocenters. The fourth-order valence-corrected chi connectivity index (χ4v) is 4.51. The average Bonchev–Trinajstić information content (AvgIpc) is 3.50. The van der Waals surface area contributed by atoms with Gasteiger partial charge in [-0.15, -0.1) is 23.7 Å². The molecule has 0 saturated carbocycles. The summed E-state index contributed by atoms with van der Waals surface area (Å²) in [6.45, 7) is 7.78. The zero-order valence-electron chi connectivity index (χ0n) is 21.6. The van der Waals surface area contributed by atoms with Crippen molar-refractivity contribution in [3.8, 4) is 22.9 Å². The van der Waals surface area contributed by atoms with Crippen LogP contribution in [0.5, 0.6) is 0 Å². The first-order valence-corrected chi connectivity index (χ1v) is 13.2. The molecule has 0 bridgehead atoms. The van der Waals surface area contributed by atoms with Crippen LogP contribution in [0.4, 0.5) is 11.6 Å². The predicted molar refractivity (Wildman–Crippen MR) is 156 cm³/mol. The van der Waals surface area contributed by atoms with Gasteiger partial charge in [-0.3, -0.25) is 4.79 Å². The van der Waals surface area contributed by atoms with E-state index in [1.807, 2.05) is 27.9 Å². The molecule has 0 aliphatic carbocycles. The Morgan fingerprint density at radius 1 is 1.19 bits per heavy atom. The third-order valence-corrected chi connectivity index (χ3v) is 6.44. The Hall–Kier alpha value is -3.34. The van der Waals surface area contributed by atoms with Gasteiger partial charge in [0.1, 0.15) is 27.3 Å². The zero-order chi connectivity index (χ0) is 26.5. The van der Waals surface area contributed by atoms with E-state index in [9.17, 15) is 4.79 Å². The van der Waals surface area contributed by atoms with Crippen molar-refractivity contribution in [2.75, 3.05) is 30.4 Å². The molecule has 36 heavy (non-hydrogen) atoms. The number of carbonyl (C=O) groups is 1. The molecule has 0 amide bonds. The molecule has 0 aliphatic heterocycles. The van der Waals surface area contributed by atoms with Crippen LogP contribution in [-0.4, -0.2) is 41.0 Å². The largest absolute Gasteiger partial charge is 0.375 e. The molecule has 4 aromatic rings. The lowest BCUT2D eigenvalue weighted by molar-refractivity contribution is 0.112. The molecule has 190 valence electrons. The number of fused-ring (bicyclic) bond motifs is 1. The van der Waals surface area contributed by atoms with E-state index in [4.69, 9.17) is 18.0 Å². The molecule has 0 fully saturated rings. The fourth-order valence-electron chi connectivity index (χ4n) is 3.60. The number of carbonyl (C=O) groups excluding carboxylic acids is 1. The van der Waals surface area contributed by atoms with E-state index in [0.717, 1.165) is 48.0 Å². The van der Waals surface area contributed by atoms with Gasteiger partial charge in [0.05, 0.1) is 6.20 Å². The van der Waals surface area contributed by atoms with Crippen molar-refractivity contribution < 1.29 is 4.79 Å². The summed E-state index contributed by atoms with van der Waals surface area (Å²) in [6.07, 6.45) is 11.1. The standard InChI is InChI=1S/C13H12ClN3S.C13H16N2O.C2H6/c1-15-12-6-9-5-8(3-4-10(9)17(12)2)13-16-7-11(14)18-13;1-3-5-9-15(8-4-2)13-10-12(11-16)6-7-14-13;1-2/h3-7,15H,1-2H3;1,6-7,10-11H,4-5,8-9H2,2H3;1-2H3. The molecule has 0 saturated heterocycles. The predicted octanol–water partition coefficient (Wildman–Crippen LogP) is 7.16. The maximum Gasteiger partial charge on any atom is 0.150 e. The van der Waals surface area contributed by atoms with Crippen molar-refractivity contribution in [3.63, 3.8) is 0 Å². The number of nitrogens with one attached hydrogen (secondary N) is 1. The van der Waals surface area contributed by atoms with Crippen LogP contribution >= 0.6 is 22.9 Å². The number of halogens is 1. The molecule has 0 unspecified atom stereocenters. The van der Waals surface area contributed by atoms with E-state index < -0.39 is 0 Å². The number of anilines is 2.